The summed E-state index contributed by atoms with van der Waals surface area (Å²) >= 11 is 0. The number of fused-ring (bicyclic) bond motifs is 2. The number of hydrogen-bond acceptors (Lipinski definition) is 3. The molecular formula is C17H25N3O. The van der Waals surface area contributed by atoms with Gasteiger partial charge in [-0.05, 0) is 45.4 Å². The molecule has 2 aliphatic rings. The number of nitrogens with zero attached hydrogens (tertiary/aromatic N) is 2. The molecule has 0 aliphatic carbocycles. The first-order chi connectivity index (χ1) is 10.2. The van der Waals surface area contributed by atoms with Crippen molar-refractivity contribution in [2.24, 2.45) is 0 Å². The van der Waals surface area contributed by atoms with Gasteiger partial charge >= 0.3 is 0 Å². The van der Waals surface area contributed by atoms with Gasteiger partial charge in [-0.2, -0.15) is 0 Å². The summed E-state index contributed by atoms with van der Waals surface area (Å²) in [7, 11) is 2.21. The lowest BCUT2D eigenvalue weighted by Gasteiger charge is -2.26. The van der Waals surface area contributed by atoms with Crippen LogP contribution in [0.2, 0.25) is 0 Å². The fourth-order valence-electron chi connectivity index (χ4n) is 3.68. The van der Waals surface area contributed by atoms with Crippen LogP contribution in [0.25, 0.3) is 0 Å². The summed E-state index contributed by atoms with van der Waals surface area (Å²) in [5, 5.41) is 3.30. The Morgan fingerprint density at radius 1 is 1.24 bits per heavy atom. The number of carbonyl (C=O) groups is 1. The highest BCUT2D eigenvalue weighted by atomic mass is 16.2. The summed E-state index contributed by atoms with van der Waals surface area (Å²) in [6.45, 7) is 4.63. The van der Waals surface area contributed by atoms with Gasteiger partial charge in [-0.3, -0.25) is 9.69 Å². The summed E-state index contributed by atoms with van der Waals surface area (Å²) in [6, 6.07) is 9.06. The van der Waals surface area contributed by atoms with E-state index in [1.165, 1.54) is 12.8 Å². The molecule has 4 nitrogen and oxygen atoms in total. The number of benzene rings is 1. The number of rotatable bonds is 3. The minimum Gasteiger partial charge on any atom is -0.385 e. The van der Waals surface area contributed by atoms with Gasteiger partial charge in [-0.1, -0.05) is 12.1 Å². The van der Waals surface area contributed by atoms with Crippen LogP contribution in [0.15, 0.2) is 24.3 Å². The quantitative estimate of drug-likeness (QED) is 0.927. The molecule has 2 atom stereocenters. The first-order valence-electron chi connectivity index (χ1n) is 8.04. The van der Waals surface area contributed by atoms with Crippen LogP contribution in [-0.4, -0.2) is 54.5 Å². The number of likely N-dealkylation sites (tertiary alicyclic amines) is 1. The molecule has 21 heavy (non-hydrogen) atoms. The van der Waals surface area contributed by atoms with Gasteiger partial charge in [0.1, 0.15) is 0 Å². The molecule has 1 aromatic rings. The molecule has 3 rings (SSSR count). The maximum absolute atomic E-state index is 12.9. The van der Waals surface area contributed by atoms with Crippen molar-refractivity contribution in [2.75, 3.05) is 32.0 Å². The van der Waals surface area contributed by atoms with Crippen molar-refractivity contribution in [1.29, 1.82) is 0 Å². The molecule has 2 aliphatic heterocycles. The van der Waals surface area contributed by atoms with E-state index in [0.717, 1.165) is 37.3 Å². The number of anilines is 1. The van der Waals surface area contributed by atoms with Crippen LogP contribution >= 0.6 is 0 Å². The SMILES string of the molecule is CCNc1ccccc1C(=O)N1CCC2CCC(C1)N2C. The van der Waals surface area contributed by atoms with E-state index in [4.69, 9.17) is 0 Å². The Kier molecular flexibility index (Phi) is 4.15. The molecular weight excluding hydrogens is 262 g/mol. The Bertz CT molecular complexity index is 517. The lowest BCUT2D eigenvalue weighted by molar-refractivity contribution is 0.0741. The first-order valence-corrected chi connectivity index (χ1v) is 8.04. The van der Waals surface area contributed by atoms with Crippen molar-refractivity contribution in [2.45, 2.75) is 38.3 Å². The maximum Gasteiger partial charge on any atom is 0.256 e. The number of hydrogen-bond donors (Lipinski definition) is 1. The number of para-hydroxylation sites is 1. The lowest BCUT2D eigenvalue weighted by Crippen LogP contribution is -2.39. The minimum atomic E-state index is 0.174. The molecule has 1 N–H and O–H groups in total. The highest BCUT2D eigenvalue weighted by Crippen LogP contribution is 2.29. The van der Waals surface area contributed by atoms with Crippen LogP contribution in [0.5, 0.6) is 0 Å². The van der Waals surface area contributed by atoms with E-state index in [9.17, 15) is 4.79 Å². The highest BCUT2D eigenvalue weighted by Gasteiger charge is 2.36. The maximum atomic E-state index is 12.9. The average molecular weight is 287 g/mol. The van der Waals surface area contributed by atoms with Gasteiger partial charge in [0.25, 0.3) is 5.91 Å². The van der Waals surface area contributed by atoms with Gasteiger partial charge in [-0.15, -0.1) is 0 Å². The summed E-state index contributed by atoms with van der Waals surface area (Å²) in [5.74, 6) is 0.174. The van der Waals surface area contributed by atoms with Crippen molar-refractivity contribution in [3.63, 3.8) is 0 Å². The molecule has 2 unspecified atom stereocenters. The van der Waals surface area contributed by atoms with Crippen molar-refractivity contribution in [3.05, 3.63) is 29.8 Å². The largest absolute Gasteiger partial charge is 0.385 e. The Morgan fingerprint density at radius 3 is 2.81 bits per heavy atom. The minimum absolute atomic E-state index is 0.174. The Labute approximate surface area is 127 Å². The normalized spacial score (nSPS) is 25.7. The second-order valence-electron chi connectivity index (χ2n) is 6.17. The highest BCUT2D eigenvalue weighted by molar-refractivity contribution is 5.99. The van der Waals surface area contributed by atoms with Crippen LogP contribution in [0.4, 0.5) is 5.69 Å². The molecule has 0 radical (unpaired) electrons. The third-order valence-corrected chi connectivity index (χ3v) is 4.96. The predicted molar refractivity (Wildman–Crippen MR) is 85.7 cm³/mol. The summed E-state index contributed by atoms with van der Waals surface area (Å²) in [4.78, 5) is 17.4. The molecule has 2 bridgehead atoms. The Morgan fingerprint density at radius 2 is 2.00 bits per heavy atom. The number of amides is 1. The van der Waals surface area contributed by atoms with E-state index in [2.05, 4.69) is 29.1 Å². The molecule has 1 amide bonds. The molecule has 114 valence electrons. The number of nitrogens with one attached hydrogen (secondary N) is 1. The van der Waals surface area contributed by atoms with Crippen LogP contribution in [0.3, 0.4) is 0 Å². The second kappa shape index (κ2) is 6.06. The molecule has 2 heterocycles. The summed E-state index contributed by atoms with van der Waals surface area (Å²) < 4.78 is 0. The van der Waals surface area contributed by atoms with Crippen LogP contribution in [-0.2, 0) is 0 Å². The molecule has 2 saturated heterocycles. The zero-order chi connectivity index (χ0) is 14.8. The lowest BCUT2D eigenvalue weighted by atomic mass is 10.1. The fourth-order valence-corrected chi connectivity index (χ4v) is 3.68. The standard InChI is InChI=1S/C17H25N3O/c1-3-18-16-7-5-4-6-15(16)17(21)20-11-10-13-8-9-14(12-20)19(13)2/h4-7,13-14,18H,3,8-12H2,1-2H3. The Balaban J connectivity index is 1.79. The van der Waals surface area contributed by atoms with E-state index in [-0.39, 0.29) is 5.91 Å². The van der Waals surface area contributed by atoms with Gasteiger partial charge < -0.3 is 10.2 Å². The van der Waals surface area contributed by atoms with E-state index in [1.807, 2.05) is 24.3 Å². The smallest absolute Gasteiger partial charge is 0.256 e. The zero-order valence-corrected chi connectivity index (χ0v) is 13.0. The van der Waals surface area contributed by atoms with Crippen molar-refractivity contribution >= 4 is 11.6 Å². The first kappa shape index (κ1) is 14.4. The third-order valence-electron chi connectivity index (χ3n) is 4.96. The molecule has 0 aromatic heterocycles. The van der Waals surface area contributed by atoms with Gasteiger partial charge in [0, 0.05) is 37.4 Å². The average Bonchev–Trinajstić information content (AvgIpc) is 2.72. The molecule has 2 fully saturated rings. The molecule has 0 saturated carbocycles. The zero-order valence-electron chi connectivity index (χ0n) is 13.0. The van der Waals surface area contributed by atoms with Gasteiger partial charge in [-0.25, -0.2) is 0 Å². The van der Waals surface area contributed by atoms with Crippen LogP contribution in [0.1, 0.15) is 36.5 Å². The van der Waals surface area contributed by atoms with E-state index >= 15 is 0 Å². The van der Waals surface area contributed by atoms with E-state index in [0.29, 0.717) is 12.1 Å². The van der Waals surface area contributed by atoms with Gasteiger partial charge in [0.2, 0.25) is 0 Å². The summed E-state index contributed by atoms with van der Waals surface area (Å²) in [6.07, 6.45) is 3.61. The number of carbonyl (C=O) groups excluding carboxylic acids is 1. The van der Waals surface area contributed by atoms with Crippen molar-refractivity contribution in [3.8, 4) is 0 Å². The van der Waals surface area contributed by atoms with Crippen molar-refractivity contribution < 1.29 is 4.79 Å². The Hall–Kier alpha value is -1.55. The van der Waals surface area contributed by atoms with E-state index in [1.54, 1.807) is 0 Å². The fraction of sp³-hybridized carbons (Fsp3) is 0.588. The molecule has 4 heteroatoms. The summed E-state index contributed by atoms with van der Waals surface area (Å²) in [5.41, 5.74) is 1.76. The molecule has 1 aromatic carbocycles. The third kappa shape index (κ3) is 2.77. The van der Waals surface area contributed by atoms with Crippen molar-refractivity contribution in [1.82, 2.24) is 9.80 Å². The monoisotopic (exact) mass is 287 g/mol. The topological polar surface area (TPSA) is 35.6 Å². The van der Waals surface area contributed by atoms with Gasteiger partial charge in [0.15, 0.2) is 0 Å². The van der Waals surface area contributed by atoms with Crippen LogP contribution < -0.4 is 5.32 Å². The molecule has 0 spiro atoms. The van der Waals surface area contributed by atoms with Crippen LogP contribution in [0, 0.1) is 0 Å². The predicted octanol–water partition coefficient (Wildman–Crippen LogP) is 2.43. The second-order valence-corrected chi connectivity index (χ2v) is 6.17. The van der Waals surface area contributed by atoms with E-state index < -0.39 is 0 Å². The number of likely N-dealkylation sites (N-methyl/N-ethyl adjacent to an activating group) is 1. The van der Waals surface area contributed by atoms with Gasteiger partial charge in [0.05, 0.1) is 5.56 Å².